The van der Waals surface area contributed by atoms with E-state index in [9.17, 15) is 8.78 Å². The summed E-state index contributed by atoms with van der Waals surface area (Å²) in [6.07, 6.45) is 2.53. The van der Waals surface area contributed by atoms with Gasteiger partial charge in [0, 0.05) is 39.3 Å². The zero-order chi connectivity index (χ0) is 25.9. The second-order valence-corrected chi connectivity index (χ2v) is 10.0. The molecule has 1 fully saturated rings. The van der Waals surface area contributed by atoms with Crippen molar-refractivity contribution in [1.29, 1.82) is 0 Å². The number of anilines is 1. The van der Waals surface area contributed by atoms with Crippen LogP contribution in [0.15, 0.2) is 42.6 Å². The molecule has 7 nitrogen and oxygen atoms in total. The van der Waals surface area contributed by atoms with Crippen LogP contribution in [0, 0.1) is 11.6 Å². The van der Waals surface area contributed by atoms with Crippen molar-refractivity contribution in [3.05, 3.63) is 69.8 Å². The first-order chi connectivity index (χ1) is 17.9. The Hall–Kier alpha value is -2.85. The van der Waals surface area contributed by atoms with Crippen molar-refractivity contribution in [3.63, 3.8) is 0 Å². The molecule has 0 saturated carbocycles. The minimum Gasteiger partial charge on any atom is -0.350 e. The standard InChI is InChI=1S/C26H27Cl2F2N7/c1-35-10-12-36(13-11-35)8-3-9-37-24-22(33-25(37)23-18(27)4-2-5-19(23)28)16-32-26(34-24)31-15-17-6-7-20(29)21(30)14-17/h2,4-7,14,16H,3,8-13,15H2,1H3,(H,31,32,34). The molecule has 0 radical (unpaired) electrons. The van der Waals surface area contributed by atoms with Crippen LogP contribution in [0.1, 0.15) is 12.0 Å². The van der Waals surface area contributed by atoms with Crippen molar-refractivity contribution in [2.45, 2.75) is 19.5 Å². The van der Waals surface area contributed by atoms with Gasteiger partial charge in [0.05, 0.1) is 21.8 Å². The second kappa shape index (κ2) is 11.3. The molecule has 4 aromatic rings. The molecule has 2 aromatic carbocycles. The molecule has 1 saturated heterocycles. The summed E-state index contributed by atoms with van der Waals surface area (Å²) in [4.78, 5) is 18.7. The Kier molecular flexibility index (Phi) is 7.85. The Balaban J connectivity index is 1.43. The van der Waals surface area contributed by atoms with Gasteiger partial charge in [-0.15, -0.1) is 0 Å². The van der Waals surface area contributed by atoms with Crippen LogP contribution in [-0.2, 0) is 13.1 Å². The number of hydrogen-bond acceptors (Lipinski definition) is 6. The molecule has 0 spiro atoms. The number of aryl methyl sites for hydroxylation is 1. The third-order valence-corrected chi connectivity index (χ3v) is 7.19. The maximum atomic E-state index is 13.6. The van der Waals surface area contributed by atoms with E-state index in [0.29, 0.717) is 50.7 Å². The summed E-state index contributed by atoms with van der Waals surface area (Å²) in [5, 5.41) is 4.11. The quantitative estimate of drug-likeness (QED) is 0.323. The molecular weight excluding hydrogens is 519 g/mol. The van der Waals surface area contributed by atoms with Crippen molar-refractivity contribution in [2.75, 3.05) is 45.1 Å². The number of imidazole rings is 1. The van der Waals surface area contributed by atoms with Crippen LogP contribution in [0.3, 0.4) is 0 Å². The fraction of sp³-hybridized carbons (Fsp3) is 0.346. The molecule has 1 aliphatic rings. The van der Waals surface area contributed by atoms with E-state index >= 15 is 0 Å². The number of piperazine rings is 1. The number of hydrogen-bond donors (Lipinski definition) is 1. The normalized spacial score (nSPS) is 14.9. The molecule has 0 atom stereocenters. The van der Waals surface area contributed by atoms with Gasteiger partial charge in [-0.3, -0.25) is 0 Å². The maximum absolute atomic E-state index is 13.6. The smallest absolute Gasteiger partial charge is 0.225 e. The lowest BCUT2D eigenvalue weighted by molar-refractivity contribution is 0.151. The van der Waals surface area contributed by atoms with Crippen LogP contribution < -0.4 is 5.32 Å². The van der Waals surface area contributed by atoms with Crippen LogP contribution in [-0.4, -0.2) is 69.1 Å². The monoisotopic (exact) mass is 545 g/mol. The predicted octanol–water partition coefficient (Wildman–Crippen LogP) is 5.33. The third kappa shape index (κ3) is 5.85. The van der Waals surface area contributed by atoms with Gasteiger partial charge in [0.15, 0.2) is 17.3 Å². The summed E-state index contributed by atoms with van der Waals surface area (Å²) in [6.45, 7) is 6.08. The fourth-order valence-electron chi connectivity index (χ4n) is 4.47. The number of halogens is 4. The topological polar surface area (TPSA) is 62.1 Å². The Morgan fingerprint density at radius 1 is 0.946 bits per heavy atom. The molecule has 1 aliphatic heterocycles. The number of nitrogens with zero attached hydrogens (tertiary/aromatic N) is 6. The molecular formula is C26H27Cl2F2N7. The molecule has 0 amide bonds. The largest absolute Gasteiger partial charge is 0.350 e. The minimum absolute atomic E-state index is 0.240. The highest BCUT2D eigenvalue weighted by molar-refractivity contribution is 6.39. The van der Waals surface area contributed by atoms with E-state index in [2.05, 4.69) is 27.1 Å². The number of rotatable bonds is 8. The van der Waals surface area contributed by atoms with Crippen molar-refractivity contribution >= 4 is 40.3 Å². The summed E-state index contributed by atoms with van der Waals surface area (Å²) in [7, 11) is 2.15. The molecule has 5 rings (SSSR count). The van der Waals surface area contributed by atoms with E-state index in [4.69, 9.17) is 33.2 Å². The SMILES string of the molecule is CN1CCN(CCCn2c(-c3c(Cl)cccc3Cl)nc3cnc(NCc4ccc(F)c(F)c4)nc32)CC1. The van der Waals surface area contributed by atoms with Crippen molar-refractivity contribution in [1.82, 2.24) is 29.3 Å². The van der Waals surface area contributed by atoms with Gasteiger partial charge < -0.3 is 19.7 Å². The molecule has 1 N–H and O–H groups in total. The van der Waals surface area contributed by atoms with E-state index in [-0.39, 0.29) is 6.54 Å². The number of fused-ring (bicyclic) bond motifs is 1. The number of benzene rings is 2. The predicted molar refractivity (Wildman–Crippen MR) is 143 cm³/mol. The number of nitrogens with one attached hydrogen (secondary N) is 1. The van der Waals surface area contributed by atoms with Crippen LogP contribution in [0.5, 0.6) is 0 Å². The Morgan fingerprint density at radius 3 is 2.43 bits per heavy atom. The maximum Gasteiger partial charge on any atom is 0.225 e. The van der Waals surface area contributed by atoms with Crippen molar-refractivity contribution in [3.8, 4) is 11.4 Å². The first-order valence-corrected chi connectivity index (χ1v) is 12.9. The highest BCUT2D eigenvalue weighted by Gasteiger charge is 2.20. The van der Waals surface area contributed by atoms with E-state index in [1.54, 1.807) is 24.4 Å². The van der Waals surface area contributed by atoms with E-state index < -0.39 is 11.6 Å². The summed E-state index contributed by atoms with van der Waals surface area (Å²) < 4.78 is 28.9. The van der Waals surface area contributed by atoms with Gasteiger partial charge in [-0.25, -0.2) is 18.7 Å². The van der Waals surface area contributed by atoms with Crippen LogP contribution in [0.25, 0.3) is 22.6 Å². The number of aromatic nitrogens is 4. The lowest BCUT2D eigenvalue weighted by Gasteiger charge is -2.32. The van der Waals surface area contributed by atoms with Crippen LogP contribution in [0.4, 0.5) is 14.7 Å². The minimum atomic E-state index is -0.893. The molecule has 11 heteroatoms. The second-order valence-electron chi connectivity index (χ2n) is 9.19. The molecule has 0 bridgehead atoms. The van der Waals surface area contributed by atoms with Crippen LogP contribution >= 0.6 is 23.2 Å². The summed E-state index contributed by atoms with van der Waals surface area (Å²) in [5.74, 6) is -0.784. The first-order valence-electron chi connectivity index (χ1n) is 12.2. The summed E-state index contributed by atoms with van der Waals surface area (Å²) >= 11 is 13.1. The highest BCUT2D eigenvalue weighted by atomic mass is 35.5. The van der Waals surface area contributed by atoms with Gasteiger partial charge in [-0.1, -0.05) is 35.3 Å². The number of likely N-dealkylation sites (N-methyl/N-ethyl adjacent to an activating group) is 1. The van der Waals surface area contributed by atoms with Crippen molar-refractivity contribution < 1.29 is 8.78 Å². The van der Waals surface area contributed by atoms with Gasteiger partial charge in [-0.05, 0) is 49.8 Å². The molecule has 37 heavy (non-hydrogen) atoms. The van der Waals surface area contributed by atoms with E-state index in [1.165, 1.54) is 6.07 Å². The van der Waals surface area contributed by atoms with E-state index in [0.717, 1.165) is 51.3 Å². The Bertz CT molecular complexity index is 1380. The first kappa shape index (κ1) is 25.8. The Morgan fingerprint density at radius 2 is 1.70 bits per heavy atom. The molecule has 194 valence electrons. The highest BCUT2D eigenvalue weighted by Crippen LogP contribution is 2.35. The molecule has 0 aliphatic carbocycles. The average Bonchev–Trinajstić information content (AvgIpc) is 3.23. The van der Waals surface area contributed by atoms with Gasteiger partial charge in [0.1, 0.15) is 11.3 Å². The van der Waals surface area contributed by atoms with Gasteiger partial charge >= 0.3 is 0 Å². The van der Waals surface area contributed by atoms with E-state index in [1.807, 2.05) is 4.57 Å². The van der Waals surface area contributed by atoms with Gasteiger partial charge in [0.25, 0.3) is 0 Å². The third-order valence-electron chi connectivity index (χ3n) is 6.56. The summed E-state index contributed by atoms with van der Waals surface area (Å²) in [6, 6.07) is 9.15. The fourth-order valence-corrected chi connectivity index (χ4v) is 5.04. The van der Waals surface area contributed by atoms with Gasteiger partial charge in [0.2, 0.25) is 5.95 Å². The zero-order valence-corrected chi connectivity index (χ0v) is 21.9. The molecule has 2 aromatic heterocycles. The molecule has 3 heterocycles. The van der Waals surface area contributed by atoms with Crippen molar-refractivity contribution in [2.24, 2.45) is 0 Å². The lowest BCUT2D eigenvalue weighted by Crippen LogP contribution is -2.44. The zero-order valence-electron chi connectivity index (χ0n) is 20.4. The van der Waals surface area contributed by atoms with Gasteiger partial charge in [-0.2, -0.15) is 4.98 Å². The summed E-state index contributed by atoms with van der Waals surface area (Å²) in [5.41, 5.74) is 2.49. The Labute approximate surface area is 224 Å². The van der Waals surface area contributed by atoms with Crippen LogP contribution in [0.2, 0.25) is 10.0 Å². The molecule has 0 unspecified atom stereocenters. The lowest BCUT2D eigenvalue weighted by atomic mass is 10.2. The average molecular weight is 546 g/mol.